The van der Waals surface area contributed by atoms with Gasteiger partial charge in [0.15, 0.2) is 5.16 Å². The monoisotopic (exact) mass is 498 g/mol. The molecule has 1 aromatic heterocycles. The smallest absolute Gasteiger partial charge is 0.220 e. The summed E-state index contributed by atoms with van der Waals surface area (Å²) in [7, 11) is 1.71. The van der Waals surface area contributed by atoms with Crippen molar-refractivity contribution in [1.29, 1.82) is 0 Å². The maximum atomic E-state index is 13.0. The Kier molecular flexibility index (Phi) is 10.8. The van der Waals surface area contributed by atoms with Gasteiger partial charge in [-0.1, -0.05) is 53.2 Å². The van der Waals surface area contributed by atoms with Crippen molar-refractivity contribution in [1.82, 2.24) is 20.1 Å². The lowest BCUT2D eigenvalue weighted by Gasteiger charge is -2.11. The zero-order chi connectivity index (χ0) is 25.0. The number of methoxy groups -OCH3 is 1. The number of halogens is 1. The van der Waals surface area contributed by atoms with Crippen LogP contribution in [-0.4, -0.2) is 34.4 Å². The molecule has 1 N–H and O–H groups in total. The fraction of sp³-hybridized carbons (Fsp3) is 0.444. The zero-order valence-electron chi connectivity index (χ0n) is 20.8. The minimum absolute atomic E-state index is 0.000536. The lowest BCUT2D eigenvalue weighted by atomic mass is 10.1. The van der Waals surface area contributed by atoms with Gasteiger partial charge in [-0.3, -0.25) is 4.79 Å². The summed E-state index contributed by atoms with van der Waals surface area (Å²) in [6, 6.07) is 12.8. The van der Waals surface area contributed by atoms with Crippen molar-refractivity contribution in [3.05, 3.63) is 76.4 Å². The van der Waals surface area contributed by atoms with E-state index in [1.165, 1.54) is 28.8 Å². The van der Waals surface area contributed by atoms with Crippen molar-refractivity contribution >= 4 is 17.7 Å². The highest BCUT2D eigenvalue weighted by molar-refractivity contribution is 7.98. The Morgan fingerprint density at radius 3 is 2.49 bits per heavy atom. The number of nitrogens with zero attached hydrogens (tertiary/aromatic N) is 3. The Morgan fingerprint density at radius 1 is 1.03 bits per heavy atom. The lowest BCUT2D eigenvalue weighted by molar-refractivity contribution is -0.121. The van der Waals surface area contributed by atoms with Crippen LogP contribution in [-0.2, 0) is 34.8 Å². The zero-order valence-corrected chi connectivity index (χ0v) is 21.7. The third kappa shape index (κ3) is 9.11. The average molecular weight is 499 g/mol. The molecule has 0 saturated carbocycles. The molecule has 3 aromatic rings. The summed E-state index contributed by atoms with van der Waals surface area (Å²) in [5.41, 5.74) is 4.70. The minimum Gasteiger partial charge on any atom is -0.385 e. The van der Waals surface area contributed by atoms with E-state index in [-0.39, 0.29) is 11.7 Å². The molecule has 0 saturated heterocycles. The second kappa shape index (κ2) is 14.0. The van der Waals surface area contributed by atoms with E-state index >= 15 is 0 Å². The van der Waals surface area contributed by atoms with Gasteiger partial charge in [0.05, 0.1) is 0 Å². The van der Waals surface area contributed by atoms with Crippen molar-refractivity contribution in [2.45, 2.75) is 70.0 Å². The summed E-state index contributed by atoms with van der Waals surface area (Å²) >= 11 is 1.71. The number of ether oxygens (including phenoxy) is 1. The predicted molar refractivity (Wildman–Crippen MR) is 138 cm³/mol. The largest absolute Gasteiger partial charge is 0.385 e. The molecule has 3 rings (SSSR count). The van der Waals surface area contributed by atoms with Crippen LogP contribution in [0, 0.1) is 19.7 Å². The van der Waals surface area contributed by atoms with Gasteiger partial charge in [0.25, 0.3) is 0 Å². The summed E-state index contributed by atoms with van der Waals surface area (Å²) in [5.74, 6) is 1.53. The highest BCUT2D eigenvalue weighted by atomic mass is 32.2. The molecule has 35 heavy (non-hydrogen) atoms. The van der Waals surface area contributed by atoms with E-state index in [0.717, 1.165) is 54.5 Å². The first-order valence-electron chi connectivity index (χ1n) is 12.1. The van der Waals surface area contributed by atoms with Gasteiger partial charge >= 0.3 is 0 Å². The number of rotatable bonds is 14. The van der Waals surface area contributed by atoms with E-state index in [0.29, 0.717) is 19.6 Å². The van der Waals surface area contributed by atoms with Gasteiger partial charge in [0.1, 0.15) is 11.6 Å². The standard InChI is InChI=1S/C27H35FN4O2S/c1-20-15-21(2)17-23(16-20)19-35-27-31-30-25(32(27)13-6-14-34-3)7-4-5-8-26(33)29-18-22-9-11-24(28)12-10-22/h9-12,15-17H,4-8,13-14,18-19H2,1-3H3,(H,29,33). The number of hydrogen-bond acceptors (Lipinski definition) is 5. The van der Waals surface area contributed by atoms with E-state index < -0.39 is 0 Å². The van der Waals surface area contributed by atoms with Crippen LogP contribution in [0.3, 0.4) is 0 Å². The Labute approximate surface area is 211 Å². The number of nitrogens with one attached hydrogen (secondary N) is 1. The van der Waals surface area contributed by atoms with E-state index in [4.69, 9.17) is 4.74 Å². The minimum atomic E-state index is -0.276. The number of carbonyl (C=O) groups is 1. The number of aryl methyl sites for hydroxylation is 3. The summed E-state index contributed by atoms with van der Waals surface area (Å²) < 4.78 is 20.4. The number of amides is 1. The summed E-state index contributed by atoms with van der Waals surface area (Å²) in [6.45, 7) is 6.15. The molecule has 0 aliphatic heterocycles. The van der Waals surface area contributed by atoms with Crippen LogP contribution in [0.2, 0.25) is 0 Å². The summed E-state index contributed by atoms with van der Waals surface area (Å²) in [5, 5.41) is 12.7. The van der Waals surface area contributed by atoms with Gasteiger partial charge in [-0.15, -0.1) is 10.2 Å². The molecule has 0 unspecified atom stereocenters. The van der Waals surface area contributed by atoms with Crippen molar-refractivity contribution in [2.24, 2.45) is 0 Å². The van der Waals surface area contributed by atoms with Crippen LogP contribution < -0.4 is 5.32 Å². The van der Waals surface area contributed by atoms with Crippen LogP contribution >= 0.6 is 11.8 Å². The van der Waals surface area contributed by atoms with Crippen LogP contribution in [0.15, 0.2) is 47.6 Å². The number of benzene rings is 2. The van der Waals surface area contributed by atoms with Crippen molar-refractivity contribution in [2.75, 3.05) is 13.7 Å². The molecular formula is C27H35FN4O2S. The molecule has 2 aromatic carbocycles. The van der Waals surface area contributed by atoms with E-state index in [9.17, 15) is 9.18 Å². The average Bonchev–Trinajstić information content (AvgIpc) is 3.21. The molecule has 0 bridgehead atoms. The van der Waals surface area contributed by atoms with Gasteiger partial charge in [-0.05, 0) is 56.4 Å². The van der Waals surface area contributed by atoms with Crippen molar-refractivity contribution in [3.8, 4) is 0 Å². The van der Waals surface area contributed by atoms with Crippen molar-refractivity contribution in [3.63, 3.8) is 0 Å². The van der Waals surface area contributed by atoms with Crippen molar-refractivity contribution < 1.29 is 13.9 Å². The number of carbonyl (C=O) groups excluding carboxylic acids is 1. The SMILES string of the molecule is COCCCn1c(CCCCC(=O)NCc2ccc(F)cc2)nnc1SCc1cc(C)cc(C)c1. The molecule has 0 aliphatic carbocycles. The molecule has 1 heterocycles. The van der Waals surface area contributed by atoms with Crippen LogP contribution in [0.4, 0.5) is 4.39 Å². The number of aromatic nitrogens is 3. The van der Waals surface area contributed by atoms with Crippen LogP contribution in [0.25, 0.3) is 0 Å². The fourth-order valence-electron chi connectivity index (χ4n) is 3.96. The van der Waals surface area contributed by atoms with E-state index in [1.54, 1.807) is 31.0 Å². The molecular weight excluding hydrogens is 463 g/mol. The Hall–Kier alpha value is -2.71. The maximum Gasteiger partial charge on any atom is 0.220 e. The first-order valence-corrected chi connectivity index (χ1v) is 13.1. The van der Waals surface area contributed by atoms with Gasteiger partial charge in [0, 0.05) is 45.4 Å². The summed E-state index contributed by atoms with van der Waals surface area (Å²) in [4.78, 5) is 12.2. The Balaban J connectivity index is 1.49. The molecule has 0 fully saturated rings. The topological polar surface area (TPSA) is 69.0 Å². The second-order valence-electron chi connectivity index (χ2n) is 8.79. The Bertz CT molecular complexity index is 1070. The first-order chi connectivity index (χ1) is 16.9. The molecule has 0 radical (unpaired) electrons. The molecule has 0 spiro atoms. The Morgan fingerprint density at radius 2 is 1.77 bits per heavy atom. The molecule has 1 amide bonds. The molecule has 6 nitrogen and oxygen atoms in total. The number of hydrogen-bond donors (Lipinski definition) is 1. The fourth-order valence-corrected chi connectivity index (χ4v) is 4.88. The first kappa shape index (κ1) is 26.9. The molecule has 188 valence electrons. The van der Waals surface area contributed by atoms with E-state index in [2.05, 4.69) is 52.1 Å². The second-order valence-corrected chi connectivity index (χ2v) is 9.73. The third-order valence-corrected chi connectivity index (χ3v) is 6.67. The lowest BCUT2D eigenvalue weighted by Crippen LogP contribution is -2.22. The number of unbranched alkanes of at least 4 members (excludes halogenated alkanes) is 1. The van der Waals surface area contributed by atoms with Crippen LogP contribution in [0.1, 0.15) is 53.8 Å². The highest BCUT2D eigenvalue weighted by Crippen LogP contribution is 2.24. The molecule has 8 heteroatoms. The quantitative estimate of drug-likeness (QED) is 0.238. The predicted octanol–water partition coefficient (Wildman–Crippen LogP) is 5.39. The number of thioether (sulfide) groups is 1. The normalized spacial score (nSPS) is 11.1. The maximum absolute atomic E-state index is 13.0. The van der Waals surface area contributed by atoms with Gasteiger partial charge in [-0.25, -0.2) is 4.39 Å². The van der Waals surface area contributed by atoms with Gasteiger partial charge in [0.2, 0.25) is 5.91 Å². The van der Waals surface area contributed by atoms with Gasteiger partial charge < -0.3 is 14.6 Å². The highest BCUT2D eigenvalue weighted by Gasteiger charge is 2.13. The van der Waals surface area contributed by atoms with Gasteiger partial charge in [-0.2, -0.15) is 0 Å². The summed E-state index contributed by atoms with van der Waals surface area (Å²) in [6.07, 6.45) is 3.74. The molecule has 0 atom stereocenters. The molecule has 0 aliphatic rings. The third-order valence-electron chi connectivity index (χ3n) is 5.63. The van der Waals surface area contributed by atoms with E-state index in [1.807, 2.05) is 0 Å². The van der Waals surface area contributed by atoms with Crippen LogP contribution in [0.5, 0.6) is 0 Å².